The highest BCUT2D eigenvalue weighted by Crippen LogP contribution is 2.24. The fourth-order valence-electron chi connectivity index (χ4n) is 3.40. The highest BCUT2D eigenvalue weighted by molar-refractivity contribution is 7.09. The molecule has 1 aliphatic heterocycles. The molecular formula is C17H24N2O3S. The highest BCUT2D eigenvalue weighted by Gasteiger charge is 2.35. The van der Waals surface area contributed by atoms with Gasteiger partial charge in [0.25, 0.3) is 0 Å². The van der Waals surface area contributed by atoms with Crippen LogP contribution in [0.2, 0.25) is 0 Å². The van der Waals surface area contributed by atoms with Gasteiger partial charge in [-0.2, -0.15) is 0 Å². The Morgan fingerprint density at radius 3 is 3.00 bits per heavy atom. The van der Waals surface area contributed by atoms with Gasteiger partial charge >= 0.3 is 0 Å². The van der Waals surface area contributed by atoms with E-state index in [2.05, 4.69) is 12.2 Å². The summed E-state index contributed by atoms with van der Waals surface area (Å²) in [4.78, 5) is 27.7. The second kappa shape index (κ2) is 7.45. The van der Waals surface area contributed by atoms with E-state index in [0.717, 1.165) is 24.1 Å². The normalized spacial score (nSPS) is 28.7. The van der Waals surface area contributed by atoms with Gasteiger partial charge < -0.3 is 15.0 Å². The van der Waals surface area contributed by atoms with Crippen LogP contribution in [0.5, 0.6) is 0 Å². The Morgan fingerprint density at radius 2 is 2.26 bits per heavy atom. The standard InChI is InChI=1S/C17H24N2O3S/c1-12-5-2-3-7-14(12)18-17(21)15-10-22-11-16(20)19(15)9-13-6-4-8-23-13/h4,6,8,12,14-15H,2-3,5,7,9-11H2,1H3,(H,18,21)/t12-,14+,15-/m0/s1. The number of nitrogens with zero attached hydrogens (tertiary/aromatic N) is 1. The number of rotatable bonds is 4. The predicted molar refractivity (Wildman–Crippen MR) is 89.0 cm³/mol. The molecule has 0 radical (unpaired) electrons. The molecule has 5 nitrogen and oxygen atoms in total. The maximum atomic E-state index is 12.7. The minimum atomic E-state index is -0.521. The molecule has 23 heavy (non-hydrogen) atoms. The molecule has 1 saturated carbocycles. The molecule has 2 amide bonds. The van der Waals surface area contributed by atoms with Crippen molar-refractivity contribution in [3.63, 3.8) is 0 Å². The zero-order chi connectivity index (χ0) is 16.2. The Bertz CT molecular complexity index is 546. The maximum absolute atomic E-state index is 12.7. The lowest BCUT2D eigenvalue weighted by molar-refractivity contribution is -0.156. The molecule has 1 saturated heterocycles. The number of nitrogens with one attached hydrogen (secondary N) is 1. The van der Waals surface area contributed by atoms with Crippen molar-refractivity contribution in [2.24, 2.45) is 5.92 Å². The zero-order valence-corrected chi connectivity index (χ0v) is 14.3. The van der Waals surface area contributed by atoms with Crippen molar-refractivity contribution in [2.75, 3.05) is 13.2 Å². The summed E-state index contributed by atoms with van der Waals surface area (Å²) in [6.07, 6.45) is 4.58. The second-order valence-electron chi connectivity index (χ2n) is 6.51. The fourth-order valence-corrected chi connectivity index (χ4v) is 4.10. The number of amides is 2. The van der Waals surface area contributed by atoms with E-state index >= 15 is 0 Å². The van der Waals surface area contributed by atoms with E-state index in [1.807, 2.05) is 17.5 Å². The van der Waals surface area contributed by atoms with Gasteiger partial charge in [-0.05, 0) is 30.2 Å². The highest BCUT2D eigenvalue weighted by atomic mass is 32.1. The van der Waals surface area contributed by atoms with Crippen LogP contribution in [0, 0.1) is 5.92 Å². The van der Waals surface area contributed by atoms with Crippen molar-refractivity contribution in [1.82, 2.24) is 10.2 Å². The van der Waals surface area contributed by atoms with Crippen molar-refractivity contribution in [3.8, 4) is 0 Å². The maximum Gasteiger partial charge on any atom is 0.249 e. The third-order valence-corrected chi connectivity index (χ3v) is 5.71. The molecule has 0 spiro atoms. The Morgan fingerprint density at radius 1 is 1.43 bits per heavy atom. The monoisotopic (exact) mass is 336 g/mol. The van der Waals surface area contributed by atoms with Gasteiger partial charge in [0.15, 0.2) is 0 Å². The number of ether oxygens (including phenoxy) is 1. The van der Waals surface area contributed by atoms with Crippen LogP contribution in [0.1, 0.15) is 37.5 Å². The minimum Gasteiger partial charge on any atom is -0.369 e. The van der Waals surface area contributed by atoms with E-state index in [-0.39, 0.29) is 31.1 Å². The average Bonchev–Trinajstić information content (AvgIpc) is 3.04. The molecule has 1 N–H and O–H groups in total. The summed E-state index contributed by atoms with van der Waals surface area (Å²) in [6.45, 7) is 3.02. The molecule has 126 valence electrons. The molecule has 1 aliphatic carbocycles. The van der Waals surface area contributed by atoms with E-state index in [1.165, 1.54) is 6.42 Å². The third kappa shape index (κ3) is 3.93. The lowest BCUT2D eigenvalue weighted by atomic mass is 9.86. The number of hydrogen-bond donors (Lipinski definition) is 1. The van der Waals surface area contributed by atoms with Crippen LogP contribution in [0.25, 0.3) is 0 Å². The van der Waals surface area contributed by atoms with Crippen LogP contribution in [0.4, 0.5) is 0 Å². The first-order valence-corrected chi connectivity index (χ1v) is 9.23. The fraction of sp³-hybridized carbons (Fsp3) is 0.647. The van der Waals surface area contributed by atoms with Crippen LogP contribution in [-0.2, 0) is 20.9 Å². The van der Waals surface area contributed by atoms with Crippen LogP contribution in [-0.4, -0.2) is 42.0 Å². The number of hydrogen-bond acceptors (Lipinski definition) is 4. The molecule has 1 aromatic heterocycles. The topological polar surface area (TPSA) is 58.6 Å². The van der Waals surface area contributed by atoms with Gasteiger partial charge in [0.2, 0.25) is 11.8 Å². The molecule has 6 heteroatoms. The van der Waals surface area contributed by atoms with Gasteiger partial charge in [0.05, 0.1) is 13.2 Å². The molecular weight excluding hydrogens is 312 g/mol. The van der Waals surface area contributed by atoms with Gasteiger partial charge in [-0.15, -0.1) is 11.3 Å². The van der Waals surface area contributed by atoms with Gasteiger partial charge in [-0.3, -0.25) is 9.59 Å². The molecule has 3 rings (SSSR count). The lowest BCUT2D eigenvalue weighted by Crippen LogP contribution is -2.58. The lowest BCUT2D eigenvalue weighted by Gasteiger charge is -2.36. The molecule has 1 aromatic rings. The predicted octanol–water partition coefficient (Wildman–Crippen LogP) is 2.17. The summed E-state index contributed by atoms with van der Waals surface area (Å²) < 4.78 is 5.33. The minimum absolute atomic E-state index is 0.0645. The average molecular weight is 336 g/mol. The van der Waals surface area contributed by atoms with Crippen molar-refractivity contribution in [1.29, 1.82) is 0 Å². The second-order valence-corrected chi connectivity index (χ2v) is 7.54. The number of carbonyl (C=O) groups excluding carboxylic acids is 2. The molecule has 0 bridgehead atoms. The molecule has 0 aromatic carbocycles. The molecule has 2 heterocycles. The Hall–Kier alpha value is -1.40. The molecule has 2 fully saturated rings. The summed E-state index contributed by atoms with van der Waals surface area (Å²) in [7, 11) is 0. The number of thiophene rings is 1. The smallest absolute Gasteiger partial charge is 0.249 e. The number of carbonyl (C=O) groups is 2. The quantitative estimate of drug-likeness (QED) is 0.917. The molecule has 3 atom stereocenters. The summed E-state index contributed by atoms with van der Waals surface area (Å²) in [5, 5.41) is 5.14. The summed E-state index contributed by atoms with van der Waals surface area (Å²) in [5.74, 6) is 0.313. The molecule has 2 aliphatic rings. The summed E-state index contributed by atoms with van der Waals surface area (Å²) >= 11 is 1.60. The van der Waals surface area contributed by atoms with Gasteiger partial charge in [-0.1, -0.05) is 25.8 Å². The van der Waals surface area contributed by atoms with E-state index in [9.17, 15) is 9.59 Å². The first kappa shape index (κ1) is 16.5. The largest absolute Gasteiger partial charge is 0.369 e. The number of morpholine rings is 1. The van der Waals surface area contributed by atoms with Crippen LogP contribution >= 0.6 is 11.3 Å². The van der Waals surface area contributed by atoms with Gasteiger partial charge in [0, 0.05) is 10.9 Å². The Kier molecular flexibility index (Phi) is 5.33. The van der Waals surface area contributed by atoms with Crippen LogP contribution in [0.3, 0.4) is 0 Å². The first-order valence-electron chi connectivity index (χ1n) is 8.35. The van der Waals surface area contributed by atoms with Gasteiger partial charge in [-0.25, -0.2) is 0 Å². The van der Waals surface area contributed by atoms with Crippen molar-refractivity contribution in [2.45, 2.75) is 51.2 Å². The van der Waals surface area contributed by atoms with E-state index in [0.29, 0.717) is 12.5 Å². The molecule has 0 unspecified atom stereocenters. The van der Waals surface area contributed by atoms with E-state index < -0.39 is 6.04 Å². The van der Waals surface area contributed by atoms with E-state index in [1.54, 1.807) is 16.2 Å². The Labute approximate surface area is 141 Å². The third-order valence-electron chi connectivity index (χ3n) is 4.85. The van der Waals surface area contributed by atoms with E-state index in [4.69, 9.17) is 4.74 Å². The van der Waals surface area contributed by atoms with Crippen LogP contribution < -0.4 is 5.32 Å². The van der Waals surface area contributed by atoms with Crippen molar-refractivity contribution < 1.29 is 14.3 Å². The van der Waals surface area contributed by atoms with Crippen LogP contribution in [0.15, 0.2) is 17.5 Å². The SMILES string of the molecule is C[C@H]1CCCC[C@H]1NC(=O)[C@@H]1COCC(=O)N1Cc1cccs1. The van der Waals surface area contributed by atoms with Crippen molar-refractivity contribution in [3.05, 3.63) is 22.4 Å². The Balaban J connectivity index is 1.67. The zero-order valence-electron chi connectivity index (χ0n) is 13.5. The van der Waals surface area contributed by atoms with Gasteiger partial charge in [0.1, 0.15) is 12.6 Å². The first-order chi connectivity index (χ1) is 11.1. The summed E-state index contributed by atoms with van der Waals surface area (Å²) in [6, 6.07) is 3.65. The van der Waals surface area contributed by atoms with Crippen molar-refractivity contribution >= 4 is 23.2 Å². The summed E-state index contributed by atoms with van der Waals surface area (Å²) in [5.41, 5.74) is 0.